The quantitative estimate of drug-likeness (QED) is 0.863. The highest BCUT2D eigenvalue weighted by Gasteiger charge is 2.27. The molecule has 0 aliphatic carbocycles. The van der Waals surface area contributed by atoms with Crippen LogP contribution in [0.25, 0.3) is 0 Å². The molecular weight excluding hydrogens is 228 g/mol. The maximum atomic E-state index is 11.6. The summed E-state index contributed by atoms with van der Waals surface area (Å²) in [6.45, 7) is 1.76. The highest BCUT2D eigenvalue weighted by molar-refractivity contribution is 5.81. The van der Waals surface area contributed by atoms with Gasteiger partial charge in [0.25, 0.3) is 0 Å². The first kappa shape index (κ1) is 12.2. The molecule has 1 amide bonds. The van der Waals surface area contributed by atoms with Crippen molar-refractivity contribution in [3.8, 4) is 11.8 Å². The first-order chi connectivity index (χ1) is 8.65. The summed E-state index contributed by atoms with van der Waals surface area (Å²) >= 11 is 0. The lowest BCUT2D eigenvalue weighted by Crippen LogP contribution is -2.30. The van der Waals surface area contributed by atoms with E-state index in [0.717, 1.165) is 11.3 Å². The van der Waals surface area contributed by atoms with Crippen LogP contribution in [-0.4, -0.2) is 13.0 Å². The normalized spacial score (nSPS) is 19.2. The van der Waals surface area contributed by atoms with E-state index in [4.69, 9.17) is 4.74 Å². The van der Waals surface area contributed by atoms with Crippen molar-refractivity contribution in [2.75, 3.05) is 7.11 Å². The molecule has 1 aromatic carbocycles. The zero-order chi connectivity index (χ0) is 13.1. The predicted octanol–water partition coefficient (Wildman–Crippen LogP) is 2.10. The number of allylic oxidation sites excluding steroid dienone is 2. The van der Waals surface area contributed by atoms with Crippen molar-refractivity contribution in [2.24, 2.45) is 0 Å². The third-order valence-corrected chi connectivity index (χ3v) is 3.11. The van der Waals surface area contributed by atoms with E-state index >= 15 is 0 Å². The molecule has 4 heteroatoms. The van der Waals surface area contributed by atoms with E-state index in [1.54, 1.807) is 14.0 Å². The van der Waals surface area contributed by atoms with Crippen LogP contribution < -0.4 is 10.1 Å². The van der Waals surface area contributed by atoms with Crippen LogP contribution in [0, 0.1) is 11.3 Å². The van der Waals surface area contributed by atoms with Gasteiger partial charge in [-0.2, -0.15) is 5.26 Å². The average Bonchev–Trinajstić information content (AvgIpc) is 2.38. The second-order valence-corrected chi connectivity index (χ2v) is 4.23. The standard InChI is InChI=1S/C14H14N2O2/c1-9-13(8-15)12(7-14(17)16-9)10-3-5-11(18-2)6-4-10/h3-6,12H,7H2,1-2H3,(H,16,17)/t12-/m1/s1. The lowest BCUT2D eigenvalue weighted by molar-refractivity contribution is -0.121. The zero-order valence-corrected chi connectivity index (χ0v) is 10.4. The van der Waals surface area contributed by atoms with Crippen LogP contribution in [0.4, 0.5) is 0 Å². The van der Waals surface area contributed by atoms with Crippen LogP contribution in [-0.2, 0) is 4.79 Å². The van der Waals surface area contributed by atoms with Gasteiger partial charge in [0.2, 0.25) is 5.91 Å². The molecule has 1 aliphatic rings. The van der Waals surface area contributed by atoms with Crippen molar-refractivity contribution in [1.29, 1.82) is 5.26 Å². The van der Waals surface area contributed by atoms with Gasteiger partial charge in [-0.15, -0.1) is 0 Å². The van der Waals surface area contributed by atoms with Gasteiger partial charge in [-0.1, -0.05) is 12.1 Å². The Morgan fingerprint density at radius 1 is 1.39 bits per heavy atom. The summed E-state index contributed by atoms with van der Waals surface area (Å²) in [5, 5.41) is 11.9. The van der Waals surface area contributed by atoms with Crippen molar-refractivity contribution < 1.29 is 9.53 Å². The van der Waals surface area contributed by atoms with Crippen LogP contribution in [0.5, 0.6) is 5.75 Å². The maximum Gasteiger partial charge on any atom is 0.225 e. The molecular formula is C14H14N2O2. The van der Waals surface area contributed by atoms with E-state index in [0.29, 0.717) is 17.7 Å². The highest BCUT2D eigenvalue weighted by atomic mass is 16.5. The van der Waals surface area contributed by atoms with Gasteiger partial charge in [-0.25, -0.2) is 0 Å². The SMILES string of the molecule is COc1ccc([C@H]2CC(=O)NC(C)=C2C#N)cc1. The smallest absolute Gasteiger partial charge is 0.225 e. The van der Waals surface area contributed by atoms with Crippen molar-refractivity contribution in [1.82, 2.24) is 5.32 Å². The Labute approximate surface area is 106 Å². The van der Waals surface area contributed by atoms with Crippen LogP contribution in [0.2, 0.25) is 0 Å². The molecule has 0 saturated carbocycles. The Hall–Kier alpha value is -2.28. The van der Waals surface area contributed by atoms with E-state index in [1.165, 1.54) is 0 Å². The number of nitrogens with one attached hydrogen (secondary N) is 1. The Kier molecular flexibility index (Phi) is 3.33. The van der Waals surface area contributed by atoms with E-state index in [1.807, 2.05) is 24.3 Å². The predicted molar refractivity (Wildman–Crippen MR) is 66.8 cm³/mol. The van der Waals surface area contributed by atoms with E-state index in [2.05, 4.69) is 11.4 Å². The van der Waals surface area contributed by atoms with Gasteiger partial charge in [-0.3, -0.25) is 4.79 Å². The van der Waals surface area contributed by atoms with Gasteiger partial charge >= 0.3 is 0 Å². The number of nitriles is 1. The van der Waals surface area contributed by atoms with Crippen LogP contribution >= 0.6 is 0 Å². The first-order valence-corrected chi connectivity index (χ1v) is 5.70. The molecule has 1 atom stereocenters. The van der Waals surface area contributed by atoms with E-state index < -0.39 is 0 Å². The third-order valence-electron chi connectivity index (χ3n) is 3.11. The molecule has 2 rings (SSSR count). The molecule has 0 spiro atoms. The highest BCUT2D eigenvalue weighted by Crippen LogP contribution is 2.32. The van der Waals surface area contributed by atoms with Crippen molar-refractivity contribution in [2.45, 2.75) is 19.3 Å². The number of carbonyl (C=O) groups is 1. The molecule has 1 aliphatic heterocycles. The van der Waals surface area contributed by atoms with Gasteiger partial charge in [0, 0.05) is 18.0 Å². The Balaban J connectivity index is 2.38. The molecule has 0 fully saturated rings. The lowest BCUT2D eigenvalue weighted by atomic mass is 9.85. The molecule has 1 N–H and O–H groups in total. The number of benzene rings is 1. The lowest BCUT2D eigenvalue weighted by Gasteiger charge is -2.23. The largest absolute Gasteiger partial charge is 0.497 e. The Bertz CT molecular complexity index is 538. The number of nitrogens with zero attached hydrogens (tertiary/aromatic N) is 1. The van der Waals surface area contributed by atoms with Gasteiger partial charge in [0.1, 0.15) is 5.75 Å². The minimum Gasteiger partial charge on any atom is -0.497 e. The number of hydrogen-bond donors (Lipinski definition) is 1. The van der Waals surface area contributed by atoms with Gasteiger partial charge < -0.3 is 10.1 Å². The Morgan fingerprint density at radius 2 is 2.06 bits per heavy atom. The summed E-state index contributed by atoms with van der Waals surface area (Å²) < 4.78 is 5.10. The fourth-order valence-corrected chi connectivity index (χ4v) is 2.16. The topological polar surface area (TPSA) is 62.1 Å². The molecule has 1 heterocycles. The second-order valence-electron chi connectivity index (χ2n) is 4.23. The number of rotatable bonds is 2. The summed E-state index contributed by atoms with van der Waals surface area (Å²) in [7, 11) is 1.60. The van der Waals surface area contributed by atoms with Crippen LogP contribution in [0.3, 0.4) is 0 Å². The molecule has 0 unspecified atom stereocenters. The van der Waals surface area contributed by atoms with Crippen molar-refractivity contribution >= 4 is 5.91 Å². The molecule has 0 aromatic heterocycles. The summed E-state index contributed by atoms with van der Waals surface area (Å²) in [6, 6.07) is 9.66. The first-order valence-electron chi connectivity index (χ1n) is 5.70. The van der Waals surface area contributed by atoms with E-state index in [9.17, 15) is 10.1 Å². The third kappa shape index (κ3) is 2.21. The fraction of sp³-hybridized carbons (Fsp3) is 0.286. The van der Waals surface area contributed by atoms with Crippen LogP contribution in [0.1, 0.15) is 24.8 Å². The molecule has 1 aromatic rings. The van der Waals surface area contributed by atoms with Gasteiger partial charge in [0.05, 0.1) is 18.8 Å². The van der Waals surface area contributed by atoms with Crippen molar-refractivity contribution in [3.05, 3.63) is 41.1 Å². The number of hydrogen-bond acceptors (Lipinski definition) is 3. The molecule has 18 heavy (non-hydrogen) atoms. The molecule has 92 valence electrons. The summed E-state index contributed by atoms with van der Waals surface area (Å²) in [4.78, 5) is 11.6. The monoisotopic (exact) mass is 242 g/mol. The maximum absolute atomic E-state index is 11.6. The second kappa shape index (κ2) is 4.92. The molecule has 0 radical (unpaired) electrons. The number of carbonyl (C=O) groups excluding carboxylic acids is 1. The fourth-order valence-electron chi connectivity index (χ4n) is 2.16. The minimum atomic E-state index is -0.158. The number of amides is 1. The number of ether oxygens (including phenoxy) is 1. The van der Waals surface area contributed by atoms with Gasteiger partial charge in [0.15, 0.2) is 0 Å². The van der Waals surface area contributed by atoms with Crippen molar-refractivity contribution in [3.63, 3.8) is 0 Å². The average molecular weight is 242 g/mol. The summed E-state index contributed by atoms with van der Waals surface area (Å²) in [5.74, 6) is 0.556. The van der Waals surface area contributed by atoms with E-state index in [-0.39, 0.29) is 11.8 Å². The Morgan fingerprint density at radius 3 is 2.61 bits per heavy atom. The molecule has 4 nitrogen and oxygen atoms in total. The minimum absolute atomic E-state index is 0.0488. The van der Waals surface area contributed by atoms with Gasteiger partial charge in [-0.05, 0) is 24.6 Å². The van der Waals surface area contributed by atoms with Crippen LogP contribution in [0.15, 0.2) is 35.5 Å². The molecule has 0 saturated heterocycles. The summed E-state index contributed by atoms with van der Waals surface area (Å²) in [5.41, 5.74) is 2.23. The zero-order valence-electron chi connectivity index (χ0n) is 10.4. The number of methoxy groups -OCH3 is 1. The molecule has 0 bridgehead atoms. The summed E-state index contributed by atoms with van der Waals surface area (Å²) in [6.07, 6.45) is 0.312.